The topological polar surface area (TPSA) is 29.6 Å². The van der Waals surface area contributed by atoms with Gasteiger partial charge in [-0.05, 0) is 68.1 Å². The Morgan fingerprint density at radius 3 is 2.59 bits per heavy atom. The lowest BCUT2D eigenvalue weighted by molar-refractivity contribution is -0.128. The lowest BCUT2D eigenvalue weighted by atomic mass is 9.61. The first-order valence-corrected chi connectivity index (χ1v) is 9.45. The molecule has 0 N–H and O–H groups in total. The molecule has 0 aromatic rings. The van der Waals surface area contributed by atoms with E-state index >= 15 is 0 Å². The number of rotatable bonds is 1. The molecule has 1 spiro atoms. The summed E-state index contributed by atoms with van der Waals surface area (Å²) in [7, 11) is 0. The standard InChI is InChI=1S/C20H32O2/c1-12(2)14-8-9-18(4)11-20-17(13(3)6-7-15(14)18)16(21)10-19(20,5)22-20/h12-15,17H,6-11H2,1-5H3. The first kappa shape index (κ1) is 15.2. The molecule has 0 bridgehead atoms. The van der Waals surface area contributed by atoms with Crippen molar-refractivity contribution < 1.29 is 9.53 Å². The van der Waals surface area contributed by atoms with Crippen LogP contribution in [0.4, 0.5) is 0 Å². The maximum atomic E-state index is 12.6. The molecule has 3 saturated carbocycles. The fourth-order valence-corrected chi connectivity index (χ4v) is 6.96. The van der Waals surface area contributed by atoms with Gasteiger partial charge in [0.15, 0.2) is 0 Å². The Hall–Kier alpha value is -0.370. The second-order valence-electron chi connectivity index (χ2n) is 9.78. The van der Waals surface area contributed by atoms with E-state index in [4.69, 9.17) is 4.74 Å². The summed E-state index contributed by atoms with van der Waals surface area (Å²) in [5.41, 5.74) is 0.141. The minimum absolute atomic E-state index is 0.108. The average molecular weight is 304 g/mol. The van der Waals surface area contributed by atoms with Crippen LogP contribution < -0.4 is 0 Å². The third-order valence-corrected chi connectivity index (χ3v) is 8.11. The van der Waals surface area contributed by atoms with E-state index in [9.17, 15) is 4.79 Å². The van der Waals surface area contributed by atoms with Crippen LogP contribution in [0.2, 0.25) is 0 Å². The molecule has 7 unspecified atom stereocenters. The molecule has 7 atom stereocenters. The number of hydrogen-bond acceptors (Lipinski definition) is 2. The Balaban J connectivity index is 1.71. The highest BCUT2D eigenvalue weighted by atomic mass is 16.6. The molecule has 2 nitrogen and oxygen atoms in total. The Bertz CT molecular complexity index is 512. The number of hydrogen-bond donors (Lipinski definition) is 0. The fraction of sp³-hybridized carbons (Fsp3) is 0.950. The van der Waals surface area contributed by atoms with E-state index in [2.05, 4.69) is 34.6 Å². The molecule has 4 fully saturated rings. The Kier molecular flexibility index (Phi) is 3.02. The van der Waals surface area contributed by atoms with E-state index in [0.717, 1.165) is 24.2 Å². The molecule has 4 rings (SSSR count). The van der Waals surface area contributed by atoms with Gasteiger partial charge < -0.3 is 4.74 Å². The maximum absolute atomic E-state index is 12.6. The van der Waals surface area contributed by atoms with Gasteiger partial charge in [0.25, 0.3) is 0 Å². The van der Waals surface area contributed by atoms with Crippen molar-refractivity contribution in [1.29, 1.82) is 0 Å². The Labute approximate surface area is 135 Å². The van der Waals surface area contributed by atoms with Crippen LogP contribution in [0.15, 0.2) is 0 Å². The summed E-state index contributed by atoms with van der Waals surface area (Å²) >= 11 is 0. The number of carbonyl (C=O) groups is 1. The average Bonchev–Trinajstić information content (AvgIpc) is 2.69. The quantitative estimate of drug-likeness (QED) is 0.662. The zero-order chi connectivity index (χ0) is 15.9. The van der Waals surface area contributed by atoms with Crippen LogP contribution in [0, 0.1) is 35.0 Å². The second kappa shape index (κ2) is 4.37. The second-order valence-corrected chi connectivity index (χ2v) is 9.78. The van der Waals surface area contributed by atoms with E-state index in [0.29, 0.717) is 23.5 Å². The fourth-order valence-electron chi connectivity index (χ4n) is 6.96. The van der Waals surface area contributed by atoms with Crippen molar-refractivity contribution in [2.45, 2.75) is 84.3 Å². The highest BCUT2D eigenvalue weighted by molar-refractivity contribution is 5.89. The SMILES string of the molecule is CC(C)C1CCC2(C)CC34OC3(C)CC(=O)C4C(C)CCC12. The van der Waals surface area contributed by atoms with Crippen LogP contribution in [0.3, 0.4) is 0 Å². The Morgan fingerprint density at radius 2 is 1.91 bits per heavy atom. The largest absolute Gasteiger partial charge is 0.362 e. The maximum Gasteiger partial charge on any atom is 0.142 e. The van der Waals surface area contributed by atoms with Crippen molar-refractivity contribution in [2.24, 2.45) is 35.0 Å². The van der Waals surface area contributed by atoms with Crippen LogP contribution in [-0.4, -0.2) is 17.0 Å². The van der Waals surface area contributed by atoms with Gasteiger partial charge in [-0.25, -0.2) is 0 Å². The zero-order valence-electron chi connectivity index (χ0n) is 14.9. The highest BCUT2D eigenvalue weighted by Gasteiger charge is 2.79. The summed E-state index contributed by atoms with van der Waals surface area (Å²) in [6.45, 7) is 11.8. The van der Waals surface area contributed by atoms with Crippen LogP contribution in [0.5, 0.6) is 0 Å². The van der Waals surface area contributed by atoms with Crippen molar-refractivity contribution in [2.75, 3.05) is 0 Å². The lowest BCUT2D eigenvalue weighted by Crippen LogP contribution is -2.42. The molecule has 22 heavy (non-hydrogen) atoms. The number of ether oxygens (including phenoxy) is 1. The van der Waals surface area contributed by atoms with Crippen molar-refractivity contribution in [1.82, 2.24) is 0 Å². The van der Waals surface area contributed by atoms with E-state index in [1.165, 1.54) is 25.7 Å². The highest BCUT2D eigenvalue weighted by Crippen LogP contribution is 2.70. The Morgan fingerprint density at radius 1 is 1.18 bits per heavy atom. The van der Waals surface area contributed by atoms with Crippen LogP contribution in [0.1, 0.15) is 73.1 Å². The van der Waals surface area contributed by atoms with Crippen LogP contribution >= 0.6 is 0 Å². The van der Waals surface area contributed by atoms with Gasteiger partial charge in [-0.1, -0.05) is 27.7 Å². The van der Waals surface area contributed by atoms with Gasteiger partial charge in [0.05, 0.1) is 5.92 Å². The lowest BCUT2D eigenvalue weighted by Gasteiger charge is -2.42. The summed E-state index contributed by atoms with van der Waals surface area (Å²) in [5, 5.41) is 0. The van der Waals surface area contributed by atoms with E-state index in [1.54, 1.807) is 0 Å². The molecule has 1 aliphatic heterocycles. The number of epoxide rings is 1. The number of fused-ring (bicyclic) bond motifs is 1. The summed E-state index contributed by atoms with van der Waals surface area (Å²) in [6.07, 6.45) is 7.02. The third-order valence-electron chi connectivity index (χ3n) is 8.11. The van der Waals surface area contributed by atoms with Crippen molar-refractivity contribution in [3.05, 3.63) is 0 Å². The molecule has 2 heteroatoms. The molecular formula is C20H32O2. The van der Waals surface area contributed by atoms with Crippen molar-refractivity contribution in [3.8, 4) is 0 Å². The van der Waals surface area contributed by atoms with Gasteiger partial charge >= 0.3 is 0 Å². The molecule has 0 aromatic heterocycles. The smallest absolute Gasteiger partial charge is 0.142 e. The number of Topliss-reactive ketones (excluding diaryl/α,β-unsaturated/α-hetero) is 1. The third kappa shape index (κ3) is 1.74. The minimum Gasteiger partial charge on any atom is -0.362 e. The zero-order valence-corrected chi connectivity index (χ0v) is 14.9. The van der Waals surface area contributed by atoms with Crippen LogP contribution in [-0.2, 0) is 9.53 Å². The summed E-state index contributed by atoms with van der Waals surface area (Å²) in [6, 6.07) is 0. The molecular weight excluding hydrogens is 272 g/mol. The summed E-state index contributed by atoms with van der Waals surface area (Å²) < 4.78 is 6.36. The summed E-state index contributed by atoms with van der Waals surface area (Å²) in [5.74, 6) is 3.64. The molecule has 0 aromatic carbocycles. The number of ketones is 1. The van der Waals surface area contributed by atoms with E-state index in [1.807, 2.05) is 0 Å². The van der Waals surface area contributed by atoms with Crippen molar-refractivity contribution >= 4 is 5.78 Å². The first-order valence-electron chi connectivity index (χ1n) is 9.45. The molecule has 0 radical (unpaired) electrons. The predicted octanol–water partition coefficient (Wildman–Crippen LogP) is 4.61. The summed E-state index contributed by atoms with van der Waals surface area (Å²) in [4.78, 5) is 12.6. The van der Waals surface area contributed by atoms with Gasteiger partial charge in [0, 0.05) is 6.42 Å². The van der Waals surface area contributed by atoms with Crippen LogP contribution in [0.25, 0.3) is 0 Å². The number of carbonyl (C=O) groups excluding carboxylic acids is 1. The van der Waals surface area contributed by atoms with E-state index < -0.39 is 0 Å². The van der Waals surface area contributed by atoms with Gasteiger partial charge in [-0.3, -0.25) is 4.79 Å². The van der Waals surface area contributed by atoms with Gasteiger partial charge in [0.2, 0.25) is 0 Å². The van der Waals surface area contributed by atoms with E-state index in [-0.39, 0.29) is 17.1 Å². The molecule has 1 saturated heterocycles. The van der Waals surface area contributed by atoms with Gasteiger partial charge in [-0.2, -0.15) is 0 Å². The first-order chi connectivity index (χ1) is 10.2. The van der Waals surface area contributed by atoms with Gasteiger partial charge in [0.1, 0.15) is 17.0 Å². The van der Waals surface area contributed by atoms with Crippen molar-refractivity contribution in [3.63, 3.8) is 0 Å². The molecule has 0 amide bonds. The monoisotopic (exact) mass is 304 g/mol. The predicted molar refractivity (Wildman–Crippen MR) is 87.5 cm³/mol. The minimum atomic E-state index is -0.135. The normalized spacial score (nSPS) is 57.1. The van der Waals surface area contributed by atoms with Gasteiger partial charge in [-0.15, -0.1) is 0 Å². The molecule has 1 heterocycles. The molecule has 4 aliphatic rings. The molecule has 124 valence electrons. The molecule has 3 aliphatic carbocycles.